The average molecular weight is 267 g/mol. The quantitative estimate of drug-likeness (QED) is 0.538. The zero-order valence-corrected chi connectivity index (χ0v) is 10.7. The second kappa shape index (κ2) is 5.05. The fraction of sp³-hybridized carbons (Fsp3) is 0.0667. The van der Waals surface area contributed by atoms with Crippen LogP contribution in [0.25, 0.3) is 0 Å². The molecule has 3 aromatic rings. The Morgan fingerprint density at radius 1 is 0.850 bits per heavy atom. The summed E-state index contributed by atoms with van der Waals surface area (Å²) in [7, 11) is 0. The van der Waals surface area contributed by atoms with Gasteiger partial charge in [0.1, 0.15) is 6.17 Å². The first-order valence-electron chi connectivity index (χ1n) is 6.25. The Morgan fingerprint density at radius 3 is 1.70 bits per heavy atom. The fourth-order valence-corrected chi connectivity index (χ4v) is 2.29. The van der Waals surface area contributed by atoms with E-state index in [0.717, 1.165) is 5.56 Å². The van der Waals surface area contributed by atoms with Crippen LogP contribution in [0.5, 0.6) is 0 Å². The molecule has 0 bridgehead atoms. The second-order valence-electron chi connectivity index (χ2n) is 4.48. The van der Waals surface area contributed by atoms with E-state index in [1.165, 1.54) is 12.1 Å². The number of aromatic nitrogens is 2. The number of rotatable bonds is 4. The molecule has 0 spiro atoms. The first kappa shape index (κ1) is 12.2. The number of non-ortho nitro benzene ring substituents is 1. The van der Waals surface area contributed by atoms with Crippen molar-refractivity contribution in [3.63, 3.8) is 0 Å². The summed E-state index contributed by atoms with van der Waals surface area (Å²) in [6, 6.07) is 14.5. The van der Waals surface area contributed by atoms with Crippen LogP contribution < -0.4 is 0 Å². The molecule has 100 valence electrons. The van der Waals surface area contributed by atoms with Gasteiger partial charge in [-0.05, 0) is 42.0 Å². The van der Waals surface area contributed by atoms with Crippen LogP contribution in [-0.4, -0.2) is 14.1 Å². The summed E-state index contributed by atoms with van der Waals surface area (Å²) in [6.45, 7) is 0. The van der Waals surface area contributed by atoms with E-state index in [0.29, 0.717) is 0 Å². The average Bonchev–Trinajstić information content (AvgIpc) is 3.13. The Balaban J connectivity index is 2.04. The van der Waals surface area contributed by atoms with Crippen LogP contribution in [0.4, 0.5) is 5.69 Å². The lowest BCUT2D eigenvalue weighted by molar-refractivity contribution is -0.384. The molecular weight excluding hydrogens is 254 g/mol. The number of nitrogens with zero attached hydrogens (tertiary/aromatic N) is 3. The summed E-state index contributed by atoms with van der Waals surface area (Å²) in [6.07, 6.45) is 7.87. The van der Waals surface area contributed by atoms with Crippen molar-refractivity contribution in [2.75, 3.05) is 0 Å². The highest BCUT2D eigenvalue weighted by molar-refractivity contribution is 5.34. The number of hydrogen-bond acceptors (Lipinski definition) is 2. The van der Waals surface area contributed by atoms with Gasteiger partial charge in [0.2, 0.25) is 0 Å². The van der Waals surface area contributed by atoms with Gasteiger partial charge in [-0.25, -0.2) is 0 Å². The minimum Gasteiger partial charge on any atom is -0.329 e. The van der Waals surface area contributed by atoms with Crippen LogP contribution in [0.3, 0.4) is 0 Å². The Labute approximate surface area is 115 Å². The van der Waals surface area contributed by atoms with Crippen molar-refractivity contribution in [1.29, 1.82) is 0 Å². The summed E-state index contributed by atoms with van der Waals surface area (Å²) in [5, 5.41) is 10.7. The van der Waals surface area contributed by atoms with Crippen molar-refractivity contribution < 1.29 is 4.92 Å². The van der Waals surface area contributed by atoms with E-state index in [1.807, 2.05) is 49.1 Å². The van der Waals surface area contributed by atoms with E-state index in [2.05, 4.69) is 9.13 Å². The Morgan fingerprint density at radius 2 is 1.30 bits per heavy atom. The van der Waals surface area contributed by atoms with Crippen molar-refractivity contribution >= 4 is 5.69 Å². The highest BCUT2D eigenvalue weighted by Gasteiger charge is 2.15. The molecule has 0 atom stereocenters. The molecule has 2 aromatic heterocycles. The molecule has 0 saturated carbocycles. The van der Waals surface area contributed by atoms with Gasteiger partial charge in [0.05, 0.1) is 4.92 Å². The normalized spacial score (nSPS) is 10.8. The lowest BCUT2D eigenvalue weighted by Gasteiger charge is -2.21. The summed E-state index contributed by atoms with van der Waals surface area (Å²) in [5.74, 6) is 0. The minimum absolute atomic E-state index is 0.0409. The number of hydrogen-bond donors (Lipinski definition) is 0. The van der Waals surface area contributed by atoms with Gasteiger partial charge in [0.15, 0.2) is 0 Å². The molecular formula is C15H13N3O2. The van der Waals surface area contributed by atoms with Crippen molar-refractivity contribution in [3.8, 4) is 0 Å². The standard InChI is InChI=1S/C15H13N3O2/c19-18(20)14-7-5-13(6-8-14)15(16-9-1-2-10-16)17-11-3-4-12-17/h1-12,15H. The van der Waals surface area contributed by atoms with E-state index >= 15 is 0 Å². The molecule has 0 amide bonds. The Kier molecular flexibility index (Phi) is 3.09. The molecule has 0 aliphatic rings. The topological polar surface area (TPSA) is 53.0 Å². The molecule has 0 fully saturated rings. The molecule has 0 saturated heterocycles. The van der Waals surface area contributed by atoms with Crippen LogP contribution in [-0.2, 0) is 0 Å². The molecule has 0 N–H and O–H groups in total. The largest absolute Gasteiger partial charge is 0.329 e. The minimum atomic E-state index is -0.385. The summed E-state index contributed by atoms with van der Waals surface area (Å²) in [4.78, 5) is 10.3. The molecule has 3 rings (SSSR count). The lowest BCUT2D eigenvalue weighted by Crippen LogP contribution is -2.16. The van der Waals surface area contributed by atoms with Crippen LogP contribution in [0, 0.1) is 10.1 Å². The zero-order valence-electron chi connectivity index (χ0n) is 10.7. The third kappa shape index (κ3) is 2.21. The maximum Gasteiger partial charge on any atom is 0.269 e. The van der Waals surface area contributed by atoms with E-state index in [-0.39, 0.29) is 16.8 Å². The van der Waals surface area contributed by atoms with Gasteiger partial charge in [-0.15, -0.1) is 0 Å². The molecule has 5 heteroatoms. The van der Waals surface area contributed by atoms with Gasteiger partial charge in [-0.2, -0.15) is 0 Å². The first-order chi connectivity index (χ1) is 9.75. The van der Waals surface area contributed by atoms with Crippen molar-refractivity contribution in [3.05, 3.63) is 89.0 Å². The maximum absolute atomic E-state index is 10.7. The lowest BCUT2D eigenvalue weighted by atomic mass is 10.1. The SMILES string of the molecule is O=[N+]([O-])c1ccc(C(n2cccc2)n2cccc2)cc1. The third-order valence-electron chi connectivity index (χ3n) is 3.22. The van der Waals surface area contributed by atoms with Gasteiger partial charge in [-0.1, -0.05) is 0 Å². The van der Waals surface area contributed by atoms with Crippen molar-refractivity contribution in [2.24, 2.45) is 0 Å². The molecule has 0 aliphatic carbocycles. The monoisotopic (exact) mass is 267 g/mol. The molecule has 0 aliphatic heterocycles. The summed E-state index contributed by atoms with van der Waals surface area (Å²) >= 11 is 0. The highest BCUT2D eigenvalue weighted by atomic mass is 16.6. The second-order valence-corrected chi connectivity index (χ2v) is 4.48. The van der Waals surface area contributed by atoms with Gasteiger partial charge < -0.3 is 9.13 Å². The predicted octanol–water partition coefficient (Wildman–Crippen LogP) is 3.29. The Hall–Kier alpha value is -2.82. The van der Waals surface area contributed by atoms with E-state index in [1.54, 1.807) is 12.1 Å². The third-order valence-corrected chi connectivity index (χ3v) is 3.22. The zero-order chi connectivity index (χ0) is 13.9. The molecule has 1 aromatic carbocycles. The smallest absolute Gasteiger partial charge is 0.269 e. The first-order valence-corrected chi connectivity index (χ1v) is 6.25. The number of nitro groups is 1. The Bertz CT molecular complexity index is 651. The molecule has 5 nitrogen and oxygen atoms in total. The van der Waals surface area contributed by atoms with Crippen molar-refractivity contribution in [2.45, 2.75) is 6.17 Å². The van der Waals surface area contributed by atoms with E-state index in [9.17, 15) is 10.1 Å². The summed E-state index contributed by atoms with van der Waals surface area (Å²) in [5.41, 5.74) is 1.09. The van der Waals surface area contributed by atoms with Crippen LogP contribution >= 0.6 is 0 Å². The molecule has 0 unspecified atom stereocenters. The van der Waals surface area contributed by atoms with Gasteiger partial charge >= 0.3 is 0 Å². The number of benzene rings is 1. The van der Waals surface area contributed by atoms with Gasteiger partial charge in [-0.3, -0.25) is 10.1 Å². The van der Waals surface area contributed by atoms with Crippen LogP contribution in [0.1, 0.15) is 11.7 Å². The van der Waals surface area contributed by atoms with Gasteiger partial charge in [0.25, 0.3) is 5.69 Å². The van der Waals surface area contributed by atoms with Crippen LogP contribution in [0.15, 0.2) is 73.3 Å². The van der Waals surface area contributed by atoms with E-state index in [4.69, 9.17) is 0 Å². The summed E-state index contributed by atoms with van der Waals surface area (Å²) < 4.78 is 4.11. The fourth-order valence-electron chi connectivity index (χ4n) is 2.29. The number of nitro benzene ring substituents is 1. The maximum atomic E-state index is 10.7. The van der Waals surface area contributed by atoms with E-state index < -0.39 is 0 Å². The van der Waals surface area contributed by atoms with Crippen LogP contribution in [0.2, 0.25) is 0 Å². The highest BCUT2D eigenvalue weighted by Crippen LogP contribution is 2.23. The molecule has 20 heavy (non-hydrogen) atoms. The van der Waals surface area contributed by atoms with Crippen molar-refractivity contribution in [1.82, 2.24) is 9.13 Å². The molecule has 0 radical (unpaired) electrons. The van der Waals surface area contributed by atoms with Gasteiger partial charge in [0, 0.05) is 36.9 Å². The predicted molar refractivity (Wildman–Crippen MR) is 75.5 cm³/mol. The molecule has 2 heterocycles.